The van der Waals surface area contributed by atoms with Crippen molar-refractivity contribution in [2.24, 2.45) is 0 Å². The fraction of sp³-hybridized carbons (Fsp3) is 0.200. The summed E-state index contributed by atoms with van der Waals surface area (Å²) in [5.41, 5.74) is 3.41. The van der Waals surface area contributed by atoms with E-state index in [0.29, 0.717) is 16.5 Å². The second kappa shape index (κ2) is 6.17. The van der Waals surface area contributed by atoms with E-state index in [0.717, 1.165) is 11.1 Å². The summed E-state index contributed by atoms with van der Waals surface area (Å²) in [6.07, 6.45) is 0. The summed E-state index contributed by atoms with van der Waals surface area (Å²) in [4.78, 5) is 0. The molecule has 3 heteroatoms. The summed E-state index contributed by atoms with van der Waals surface area (Å²) in [6, 6.07) is 15.6. The van der Waals surface area contributed by atoms with Crippen LogP contribution in [0.25, 0.3) is 0 Å². The van der Waals surface area contributed by atoms with E-state index in [1.165, 1.54) is 5.56 Å². The molecule has 1 nitrogen and oxygen atoms in total. The lowest BCUT2D eigenvalue weighted by atomic mass is 10.1. The smallest absolute Gasteiger partial charge is 0.0491 e. The average molecular weight is 279 g/mol. The highest BCUT2D eigenvalue weighted by Crippen LogP contribution is 2.14. The van der Waals surface area contributed by atoms with Crippen LogP contribution >= 0.6 is 11.6 Å². The Labute approximate surface area is 115 Å². The molecular formula is C15H15ClOS. The van der Waals surface area contributed by atoms with Gasteiger partial charge in [0.2, 0.25) is 0 Å². The molecule has 94 valence electrons. The first kappa shape index (κ1) is 13.3. The van der Waals surface area contributed by atoms with Gasteiger partial charge in [0.15, 0.2) is 0 Å². The lowest BCUT2D eigenvalue weighted by Crippen LogP contribution is -2.00. The third kappa shape index (κ3) is 3.69. The van der Waals surface area contributed by atoms with Gasteiger partial charge in [0.05, 0.1) is 0 Å². The molecule has 0 aliphatic carbocycles. The predicted molar refractivity (Wildman–Crippen MR) is 78.2 cm³/mol. The van der Waals surface area contributed by atoms with Crippen molar-refractivity contribution in [3.05, 3.63) is 70.2 Å². The van der Waals surface area contributed by atoms with E-state index in [9.17, 15) is 4.21 Å². The van der Waals surface area contributed by atoms with Gasteiger partial charge in [0.25, 0.3) is 0 Å². The molecule has 0 saturated carbocycles. The van der Waals surface area contributed by atoms with E-state index in [2.05, 4.69) is 13.0 Å². The summed E-state index contributed by atoms with van der Waals surface area (Å²) in [5.74, 6) is 1.18. The molecule has 0 saturated heterocycles. The number of benzene rings is 2. The van der Waals surface area contributed by atoms with Crippen LogP contribution in [0.2, 0.25) is 5.02 Å². The molecule has 0 spiro atoms. The van der Waals surface area contributed by atoms with Crippen LogP contribution in [0.5, 0.6) is 0 Å². The normalized spacial score (nSPS) is 12.3. The van der Waals surface area contributed by atoms with Gasteiger partial charge in [-0.05, 0) is 35.7 Å². The molecule has 0 aliphatic heterocycles. The zero-order valence-electron chi connectivity index (χ0n) is 10.2. The largest absolute Gasteiger partial charge is 0.259 e. The molecular weight excluding hydrogens is 264 g/mol. The van der Waals surface area contributed by atoms with Crippen LogP contribution in [-0.2, 0) is 22.3 Å². The van der Waals surface area contributed by atoms with Crippen molar-refractivity contribution >= 4 is 22.4 Å². The van der Waals surface area contributed by atoms with E-state index in [-0.39, 0.29) is 0 Å². The Bertz CT molecular complexity index is 549. The van der Waals surface area contributed by atoms with Gasteiger partial charge >= 0.3 is 0 Å². The number of hydrogen-bond donors (Lipinski definition) is 0. The Morgan fingerprint density at radius 3 is 2.33 bits per heavy atom. The third-order valence-corrected chi connectivity index (χ3v) is 4.36. The van der Waals surface area contributed by atoms with Gasteiger partial charge in [0.1, 0.15) is 0 Å². The maximum Gasteiger partial charge on any atom is 0.0491 e. The molecule has 2 rings (SSSR count). The fourth-order valence-corrected chi connectivity index (χ4v) is 3.23. The molecule has 0 heterocycles. The number of hydrogen-bond acceptors (Lipinski definition) is 1. The van der Waals surface area contributed by atoms with Gasteiger partial charge in [-0.1, -0.05) is 48.0 Å². The Morgan fingerprint density at radius 1 is 1.00 bits per heavy atom. The van der Waals surface area contributed by atoms with E-state index in [4.69, 9.17) is 11.6 Å². The molecule has 0 fully saturated rings. The van der Waals surface area contributed by atoms with Crippen LogP contribution in [-0.4, -0.2) is 4.21 Å². The highest BCUT2D eigenvalue weighted by atomic mass is 35.5. The second-order valence-corrected chi connectivity index (χ2v) is 6.17. The van der Waals surface area contributed by atoms with Crippen molar-refractivity contribution < 1.29 is 4.21 Å². The Hall–Kier alpha value is -1.12. The lowest BCUT2D eigenvalue weighted by molar-refractivity contribution is 0.682. The van der Waals surface area contributed by atoms with E-state index < -0.39 is 10.8 Å². The van der Waals surface area contributed by atoms with Gasteiger partial charge in [0, 0.05) is 27.3 Å². The van der Waals surface area contributed by atoms with Crippen molar-refractivity contribution in [1.29, 1.82) is 0 Å². The van der Waals surface area contributed by atoms with Gasteiger partial charge in [-0.15, -0.1) is 0 Å². The Morgan fingerprint density at radius 2 is 1.67 bits per heavy atom. The van der Waals surface area contributed by atoms with Crippen LogP contribution in [0.4, 0.5) is 0 Å². The van der Waals surface area contributed by atoms with Crippen LogP contribution < -0.4 is 0 Å². The molecule has 0 N–H and O–H groups in total. The summed E-state index contributed by atoms with van der Waals surface area (Å²) in [6.45, 7) is 2.05. The first-order chi connectivity index (χ1) is 8.65. The van der Waals surface area contributed by atoms with Gasteiger partial charge < -0.3 is 0 Å². The quantitative estimate of drug-likeness (QED) is 0.823. The van der Waals surface area contributed by atoms with E-state index in [1.54, 1.807) is 0 Å². The monoisotopic (exact) mass is 278 g/mol. The van der Waals surface area contributed by atoms with Crippen molar-refractivity contribution in [3.63, 3.8) is 0 Å². The standard InChI is InChI=1S/C15H15ClOS/c1-12-4-2-3-5-14(12)11-18(17)10-13-6-8-15(16)9-7-13/h2-9H,10-11H2,1H3/t18-/m1/s1. The van der Waals surface area contributed by atoms with E-state index >= 15 is 0 Å². The zero-order valence-corrected chi connectivity index (χ0v) is 11.8. The molecule has 0 bridgehead atoms. The first-order valence-electron chi connectivity index (χ1n) is 5.79. The minimum absolute atomic E-state index is 0.575. The molecule has 0 amide bonds. The highest BCUT2D eigenvalue weighted by molar-refractivity contribution is 7.83. The lowest BCUT2D eigenvalue weighted by Gasteiger charge is -2.06. The molecule has 0 radical (unpaired) electrons. The summed E-state index contributed by atoms with van der Waals surface area (Å²) < 4.78 is 12.1. The van der Waals surface area contributed by atoms with Gasteiger partial charge in [-0.25, -0.2) is 0 Å². The Kier molecular flexibility index (Phi) is 4.56. The van der Waals surface area contributed by atoms with Crippen molar-refractivity contribution in [1.82, 2.24) is 0 Å². The molecule has 0 aliphatic rings. The Balaban J connectivity index is 2.01. The van der Waals surface area contributed by atoms with Crippen molar-refractivity contribution in [2.75, 3.05) is 0 Å². The SMILES string of the molecule is Cc1ccccc1C[S@](=O)Cc1ccc(Cl)cc1. The molecule has 2 aromatic rings. The van der Waals surface area contributed by atoms with Crippen LogP contribution in [0.1, 0.15) is 16.7 Å². The number of rotatable bonds is 4. The molecule has 0 aromatic heterocycles. The van der Waals surface area contributed by atoms with Crippen molar-refractivity contribution in [3.8, 4) is 0 Å². The molecule has 2 aromatic carbocycles. The number of aryl methyl sites for hydroxylation is 1. The summed E-state index contributed by atoms with van der Waals surface area (Å²) in [5, 5.41) is 0.712. The fourth-order valence-electron chi connectivity index (χ4n) is 1.76. The van der Waals surface area contributed by atoms with E-state index in [1.807, 2.05) is 42.5 Å². The maximum absolute atomic E-state index is 12.1. The van der Waals surface area contributed by atoms with Gasteiger partial charge in [-0.3, -0.25) is 4.21 Å². The summed E-state index contributed by atoms with van der Waals surface area (Å²) >= 11 is 5.82. The minimum atomic E-state index is -0.882. The van der Waals surface area contributed by atoms with Crippen LogP contribution in [0.3, 0.4) is 0 Å². The number of halogens is 1. The molecule has 18 heavy (non-hydrogen) atoms. The average Bonchev–Trinajstić information content (AvgIpc) is 2.35. The molecule has 0 unspecified atom stereocenters. The third-order valence-electron chi connectivity index (χ3n) is 2.82. The summed E-state index contributed by atoms with van der Waals surface area (Å²) in [7, 11) is -0.882. The van der Waals surface area contributed by atoms with Crippen LogP contribution in [0.15, 0.2) is 48.5 Å². The van der Waals surface area contributed by atoms with Crippen LogP contribution in [0, 0.1) is 6.92 Å². The van der Waals surface area contributed by atoms with Crippen molar-refractivity contribution in [2.45, 2.75) is 18.4 Å². The maximum atomic E-state index is 12.1. The second-order valence-electron chi connectivity index (χ2n) is 4.28. The van der Waals surface area contributed by atoms with Gasteiger partial charge in [-0.2, -0.15) is 0 Å². The first-order valence-corrected chi connectivity index (χ1v) is 7.65. The minimum Gasteiger partial charge on any atom is -0.259 e. The highest BCUT2D eigenvalue weighted by Gasteiger charge is 2.05. The molecule has 1 atom stereocenters. The topological polar surface area (TPSA) is 17.1 Å². The zero-order chi connectivity index (χ0) is 13.0. The predicted octanol–water partition coefficient (Wildman–Crippen LogP) is 4.10.